The van der Waals surface area contributed by atoms with Crippen LogP contribution in [0.3, 0.4) is 0 Å². The van der Waals surface area contributed by atoms with E-state index in [1.54, 1.807) is 24.3 Å². The molecule has 0 spiro atoms. The van der Waals surface area contributed by atoms with Gasteiger partial charge < -0.3 is 10.6 Å². The van der Waals surface area contributed by atoms with E-state index in [1.165, 1.54) is 24.0 Å². The molecule has 2 aromatic carbocycles. The second-order valence-corrected chi connectivity index (χ2v) is 8.11. The topological polar surface area (TPSA) is 61.4 Å². The van der Waals surface area contributed by atoms with Crippen LogP contribution in [0.1, 0.15) is 11.1 Å². The lowest BCUT2D eigenvalue weighted by atomic mass is 10.1. The Balaban J connectivity index is 2.04. The average Bonchev–Trinajstić information content (AvgIpc) is 2.54. The van der Waals surface area contributed by atoms with Crippen LogP contribution in [0, 0.1) is 6.92 Å². The van der Waals surface area contributed by atoms with Crippen molar-refractivity contribution in [1.29, 1.82) is 0 Å². The zero-order valence-electron chi connectivity index (χ0n) is 13.9. The Morgan fingerprint density at radius 1 is 1.12 bits per heavy atom. The molecule has 2 rings (SSSR count). The van der Waals surface area contributed by atoms with Crippen molar-refractivity contribution in [2.24, 2.45) is 0 Å². The van der Waals surface area contributed by atoms with E-state index in [-0.39, 0.29) is 4.90 Å². The molecular formula is C17H21N3O2S2. The van der Waals surface area contributed by atoms with E-state index in [9.17, 15) is 8.42 Å². The Labute approximate surface area is 148 Å². The number of benzene rings is 2. The van der Waals surface area contributed by atoms with Gasteiger partial charge in [-0.1, -0.05) is 30.3 Å². The molecule has 0 aliphatic carbocycles. The third kappa shape index (κ3) is 4.53. The van der Waals surface area contributed by atoms with Crippen molar-refractivity contribution in [2.75, 3.05) is 19.4 Å². The molecule has 0 unspecified atom stereocenters. The molecule has 0 saturated heterocycles. The predicted octanol–water partition coefficient (Wildman–Crippen LogP) is 2.73. The fraction of sp³-hybridized carbons (Fsp3) is 0.235. The molecule has 0 fully saturated rings. The van der Waals surface area contributed by atoms with Gasteiger partial charge in [0.1, 0.15) is 0 Å². The Morgan fingerprint density at radius 3 is 2.50 bits per heavy atom. The zero-order valence-corrected chi connectivity index (χ0v) is 15.5. The molecule has 24 heavy (non-hydrogen) atoms. The molecular weight excluding hydrogens is 342 g/mol. The number of anilines is 1. The van der Waals surface area contributed by atoms with Gasteiger partial charge in [-0.3, -0.25) is 0 Å². The molecule has 7 heteroatoms. The Bertz CT molecular complexity index is 833. The van der Waals surface area contributed by atoms with Crippen LogP contribution in [-0.2, 0) is 16.6 Å². The summed E-state index contributed by atoms with van der Waals surface area (Å²) in [6.45, 7) is 2.65. The molecule has 5 nitrogen and oxygen atoms in total. The molecule has 0 heterocycles. The van der Waals surface area contributed by atoms with Gasteiger partial charge >= 0.3 is 0 Å². The number of rotatable bonds is 5. The van der Waals surface area contributed by atoms with Crippen LogP contribution in [0.5, 0.6) is 0 Å². The van der Waals surface area contributed by atoms with Gasteiger partial charge in [0.25, 0.3) is 0 Å². The maximum absolute atomic E-state index is 12.2. The van der Waals surface area contributed by atoms with E-state index < -0.39 is 10.0 Å². The van der Waals surface area contributed by atoms with Crippen LogP contribution < -0.4 is 10.6 Å². The molecule has 0 saturated carbocycles. The summed E-state index contributed by atoms with van der Waals surface area (Å²) >= 11 is 5.28. The SMILES string of the molecule is Cc1ccccc1CNC(=S)Nc1cccc(S(=O)(=O)N(C)C)c1. The Hall–Kier alpha value is -1.96. The lowest BCUT2D eigenvalue weighted by Crippen LogP contribution is -2.28. The maximum atomic E-state index is 12.2. The van der Waals surface area contributed by atoms with Crippen LogP contribution in [0.2, 0.25) is 0 Å². The van der Waals surface area contributed by atoms with Crippen molar-refractivity contribution < 1.29 is 8.42 Å². The monoisotopic (exact) mass is 363 g/mol. The van der Waals surface area contributed by atoms with E-state index in [2.05, 4.69) is 10.6 Å². The lowest BCUT2D eigenvalue weighted by Gasteiger charge is -2.14. The molecule has 0 radical (unpaired) electrons. The van der Waals surface area contributed by atoms with Gasteiger partial charge in [-0.15, -0.1) is 0 Å². The smallest absolute Gasteiger partial charge is 0.242 e. The molecule has 0 aliphatic rings. The number of nitrogens with one attached hydrogen (secondary N) is 2. The summed E-state index contributed by atoms with van der Waals surface area (Å²) in [4.78, 5) is 0.221. The first-order chi connectivity index (χ1) is 11.3. The number of hydrogen-bond acceptors (Lipinski definition) is 3. The minimum absolute atomic E-state index is 0.221. The quantitative estimate of drug-likeness (QED) is 0.800. The van der Waals surface area contributed by atoms with Gasteiger partial charge in [0, 0.05) is 26.3 Å². The van der Waals surface area contributed by atoms with Crippen molar-refractivity contribution in [2.45, 2.75) is 18.4 Å². The normalized spacial score (nSPS) is 11.3. The highest BCUT2D eigenvalue weighted by atomic mass is 32.2. The standard InChI is InChI=1S/C17H21N3O2S2/c1-13-7-4-5-8-14(13)12-18-17(23)19-15-9-6-10-16(11-15)24(21,22)20(2)3/h4-11H,12H2,1-3H3,(H2,18,19,23). The minimum Gasteiger partial charge on any atom is -0.358 e. The molecule has 0 bridgehead atoms. The van der Waals surface area contributed by atoms with Gasteiger partial charge in [0.15, 0.2) is 5.11 Å². The average molecular weight is 364 g/mol. The number of nitrogens with zero attached hydrogens (tertiary/aromatic N) is 1. The summed E-state index contributed by atoms with van der Waals surface area (Å²) in [5.41, 5.74) is 2.97. The summed E-state index contributed by atoms with van der Waals surface area (Å²) < 4.78 is 25.5. The second-order valence-electron chi connectivity index (χ2n) is 5.55. The van der Waals surface area contributed by atoms with Crippen molar-refractivity contribution in [3.8, 4) is 0 Å². The lowest BCUT2D eigenvalue weighted by molar-refractivity contribution is 0.521. The molecule has 0 atom stereocenters. The van der Waals surface area contributed by atoms with Gasteiger partial charge in [0.2, 0.25) is 10.0 Å². The molecule has 0 aromatic heterocycles. The van der Waals surface area contributed by atoms with Crippen LogP contribution in [-0.4, -0.2) is 31.9 Å². The molecule has 2 N–H and O–H groups in total. The van der Waals surface area contributed by atoms with Crippen LogP contribution in [0.15, 0.2) is 53.4 Å². The van der Waals surface area contributed by atoms with Crippen molar-refractivity contribution in [1.82, 2.24) is 9.62 Å². The molecule has 0 amide bonds. The third-order valence-corrected chi connectivity index (χ3v) is 5.63. The summed E-state index contributed by atoms with van der Waals surface area (Å²) in [6, 6.07) is 14.6. The minimum atomic E-state index is -3.47. The zero-order chi connectivity index (χ0) is 17.7. The van der Waals surface area contributed by atoms with E-state index in [0.717, 1.165) is 5.56 Å². The Kier molecular flexibility index (Phi) is 5.93. The van der Waals surface area contributed by atoms with Crippen LogP contribution in [0.25, 0.3) is 0 Å². The van der Waals surface area contributed by atoms with E-state index in [0.29, 0.717) is 17.3 Å². The number of hydrogen-bond donors (Lipinski definition) is 2. The highest BCUT2D eigenvalue weighted by Gasteiger charge is 2.17. The first kappa shape index (κ1) is 18.4. The van der Waals surface area contributed by atoms with Crippen molar-refractivity contribution in [3.63, 3.8) is 0 Å². The van der Waals surface area contributed by atoms with E-state index in [1.807, 2.05) is 31.2 Å². The molecule has 2 aromatic rings. The highest BCUT2D eigenvalue weighted by Crippen LogP contribution is 2.18. The summed E-state index contributed by atoms with van der Waals surface area (Å²) in [6.07, 6.45) is 0. The largest absolute Gasteiger partial charge is 0.358 e. The van der Waals surface area contributed by atoms with Gasteiger partial charge in [-0.25, -0.2) is 12.7 Å². The third-order valence-electron chi connectivity index (χ3n) is 3.57. The second kappa shape index (κ2) is 7.74. The van der Waals surface area contributed by atoms with E-state index >= 15 is 0 Å². The maximum Gasteiger partial charge on any atom is 0.242 e. The van der Waals surface area contributed by atoms with Crippen LogP contribution >= 0.6 is 12.2 Å². The first-order valence-electron chi connectivity index (χ1n) is 7.42. The summed E-state index contributed by atoms with van der Waals surface area (Å²) in [5.74, 6) is 0. The number of aryl methyl sites for hydroxylation is 1. The van der Waals surface area contributed by atoms with Gasteiger partial charge in [-0.05, 0) is 48.5 Å². The van der Waals surface area contributed by atoms with Crippen molar-refractivity contribution >= 4 is 33.0 Å². The number of sulfonamides is 1. The van der Waals surface area contributed by atoms with Crippen LogP contribution in [0.4, 0.5) is 5.69 Å². The molecule has 0 aliphatic heterocycles. The molecule has 128 valence electrons. The van der Waals surface area contributed by atoms with Gasteiger partial charge in [0.05, 0.1) is 4.90 Å². The summed E-state index contributed by atoms with van der Waals surface area (Å²) in [5, 5.41) is 6.59. The fourth-order valence-electron chi connectivity index (χ4n) is 2.10. The van der Waals surface area contributed by atoms with Crippen molar-refractivity contribution in [3.05, 3.63) is 59.7 Å². The first-order valence-corrected chi connectivity index (χ1v) is 9.27. The van der Waals surface area contributed by atoms with Gasteiger partial charge in [-0.2, -0.15) is 0 Å². The number of thiocarbonyl (C=S) groups is 1. The fourth-order valence-corrected chi connectivity index (χ4v) is 3.24. The predicted molar refractivity (Wildman–Crippen MR) is 102 cm³/mol. The highest BCUT2D eigenvalue weighted by molar-refractivity contribution is 7.89. The Morgan fingerprint density at radius 2 is 1.83 bits per heavy atom. The summed E-state index contributed by atoms with van der Waals surface area (Å²) in [7, 11) is -0.459. The van der Waals surface area contributed by atoms with E-state index in [4.69, 9.17) is 12.2 Å².